The van der Waals surface area contributed by atoms with Gasteiger partial charge in [-0.05, 0) is 18.7 Å². The van der Waals surface area contributed by atoms with Crippen LogP contribution in [0, 0.1) is 0 Å². The molecule has 2 aromatic rings. The van der Waals surface area contributed by atoms with Crippen LogP contribution in [0.2, 0.25) is 0 Å². The number of nitrogens with zero attached hydrogens (tertiary/aromatic N) is 2. The lowest BCUT2D eigenvalue weighted by Crippen LogP contribution is -2.07. The quantitative estimate of drug-likeness (QED) is 0.818. The summed E-state index contributed by atoms with van der Waals surface area (Å²) in [6, 6.07) is 8.12. The van der Waals surface area contributed by atoms with Gasteiger partial charge in [-0.15, -0.1) is 12.4 Å². The highest BCUT2D eigenvalue weighted by molar-refractivity contribution is 5.85. The van der Waals surface area contributed by atoms with Crippen LogP contribution in [-0.2, 0) is 13.5 Å². The lowest BCUT2D eigenvalue weighted by molar-refractivity contribution is 0.794. The Morgan fingerprint density at radius 3 is 2.71 bits per heavy atom. The van der Waals surface area contributed by atoms with Gasteiger partial charge in [0, 0.05) is 13.5 Å². The molecule has 3 nitrogen and oxygen atoms in total. The lowest BCUT2D eigenvalue weighted by Gasteiger charge is -1.98. The van der Waals surface area contributed by atoms with Crippen LogP contribution in [0.15, 0.2) is 24.3 Å². The van der Waals surface area contributed by atoms with Gasteiger partial charge in [0.05, 0.1) is 11.0 Å². The summed E-state index contributed by atoms with van der Waals surface area (Å²) in [4.78, 5) is 4.48. The number of para-hydroxylation sites is 2. The number of hydrogen-bond donors (Lipinski definition) is 1. The summed E-state index contributed by atoms with van der Waals surface area (Å²) in [5.74, 6) is 1.06. The zero-order chi connectivity index (χ0) is 9.26. The van der Waals surface area contributed by atoms with E-state index in [2.05, 4.69) is 15.6 Å². The van der Waals surface area contributed by atoms with Crippen molar-refractivity contribution in [2.45, 2.75) is 6.42 Å². The van der Waals surface area contributed by atoms with Gasteiger partial charge in [0.25, 0.3) is 0 Å². The van der Waals surface area contributed by atoms with Crippen molar-refractivity contribution in [3.63, 3.8) is 0 Å². The number of nitrogens with two attached hydrogens (primary N) is 1. The Kier molecular flexibility index (Phi) is 3.49. The van der Waals surface area contributed by atoms with Crippen molar-refractivity contribution >= 4 is 23.4 Å². The molecule has 0 bridgehead atoms. The number of rotatable bonds is 2. The van der Waals surface area contributed by atoms with Crippen LogP contribution in [0.1, 0.15) is 5.82 Å². The third kappa shape index (κ3) is 1.74. The summed E-state index contributed by atoms with van der Waals surface area (Å²) in [7, 11) is 2.03. The number of hydrogen-bond acceptors (Lipinski definition) is 2. The monoisotopic (exact) mass is 211 g/mol. The largest absolute Gasteiger partial charge is 0.331 e. The minimum Gasteiger partial charge on any atom is -0.331 e. The van der Waals surface area contributed by atoms with E-state index >= 15 is 0 Å². The molecule has 0 amide bonds. The zero-order valence-corrected chi connectivity index (χ0v) is 8.92. The molecular weight excluding hydrogens is 198 g/mol. The molecule has 0 saturated heterocycles. The predicted molar refractivity (Wildman–Crippen MR) is 60.7 cm³/mol. The van der Waals surface area contributed by atoms with E-state index in [1.807, 2.05) is 25.2 Å². The zero-order valence-electron chi connectivity index (χ0n) is 8.10. The van der Waals surface area contributed by atoms with E-state index in [0.717, 1.165) is 17.8 Å². The molecule has 1 aromatic heterocycles. The first-order valence-corrected chi connectivity index (χ1v) is 4.43. The molecule has 0 saturated carbocycles. The van der Waals surface area contributed by atoms with Gasteiger partial charge in [-0.3, -0.25) is 0 Å². The topological polar surface area (TPSA) is 43.8 Å². The summed E-state index contributed by atoms with van der Waals surface area (Å²) in [5.41, 5.74) is 7.72. The van der Waals surface area contributed by atoms with Gasteiger partial charge in [-0.25, -0.2) is 4.98 Å². The van der Waals surface area contributed by atoms with Crippen molar-refractivity contribution in [1.29, 1.82) is 0 Å². The maximum Gasteiger partial charge on any atom is 0.110 e. The minimum absolute atomic E-state index is 0. The number of fused-ring (bicyclic) bond motifs is 1. The second-order valence-electron chi connectivity index (χ2n) is 3.11. The molecule has 0 aliphatic carbocycles. The number of imidazole rings is 1. The molecule has 1 aromatic carbocycles. The molecule has 2 rings (SSSR count). The van der Waals surface area contributed by atoms with Crippen LogP contribution in [0.5, 0.6) is 0 Å². The molecular formula is C10H14ClN3. The molecule has 2 N–H and O–H groups in total. The first-order chi connectivity index (χ1) is 6.33. The fraction of sp³-hybridized carbons (Fsp3) is 0.300. The van der Waals surface area contributed by atoms with Crippen molar-refractivity contribution < 1.29 is 0 Å². The molecule has 0 atom stereocenters. The number of aromatic nitrogens is 2. The lowest BCUT2D eigenvalue weighted by atomic mass is 10.3. The highest BCUT2D eigenvalue weighted by Crippen LogP contribution is 2.13. The summed E-state index contributed by atoms with van der Waals surface area (Å²) in [5, 5.41) is 0. The Morgan fingerprint density at radius 1 is 1.36 bits per heavy atom. The van der Waals surface area contributed by atoms with Gasteiger partial charge in [-0.2, -0.15) is 0 Å². The van der Waals surface area contributed by atoms with Crippen LogP contribution in [0.25, 0.3) is 11.0 Å². The standard InChI is InChI=1S/C10H13N3.ClH/c1-13-9-5-3-2-4-8(9)12-10(13)6-7-11;/h2-5H,6-7,11H2,1H3;1H. The SMILES string of the molecule is Cl.Cn1c(CCN)nc2ccccc21. The Hall–Kier alpha value is -1.06. The normalized spacial score (nSPS) is 10.1. The van der Waals surface area contributed by atoms with Gasteiger partial charge in [0.15, 0.2) is 0 Å². The molecule has 14 heavy (non-hydrogen) atoms. The van der Waals surface area contributed by atoms with Crippen molar-refractivity contribution in [2.75, 3.05) is 6.54 Å². The van der Waals surface area contributed by atoms with Gasteiger partial charge in [-0.1, -0.05) is 12.1 Å². The summed E-state index contributed by atoms with van der Waals surface area (Å²) in [6.45, 7) is 0.650. The van der Waals surface area contributed by atoms with E-state index in [1.54, 1.807) is 0 Å². The van der Waals surface area contributed by atoms with Gasteiger partial charge in [0.2, 0.25) is 0 Å². The molecule has 4 heteroatoms. The maximum absolute atomic E-state index is 5.50. The molecule has 1 heterocycles. The Balaban J connectivity index is 0.000000980. The average molecular weight is 212 g/mol. The van der Waals surface area contributed by atoms with E-state index < -0.39 is 0 Å². The molecule has 0 aliphatic heterocycles. The summed E-state index contributed by atoms with van der Waals surface area (Å²) < 4.78 is 2.10. The highest BCUT2D eigenvalue weighted by atomic mass is 35.5. The van der Waals surface area contributed by atoms with E-state index in [4.69, 9.17) is 5.73 Å². The van der Waals surface area contributed by atoms with E-state index in [0.29, 0.717) is 6.54 Å². The molecule has 0 fully saturated rings. The Labute approximate surface area is 89.3 Å². The average Bonchev–Trinajstić information content (AvgIpc) is 2.46. The van der Waals surface area contributed by atoms with Crippen molar-refractivity contribution in [3.8, 4) is 0 Å². The number of benzene rings is 1. The summed E-state index contributed by atoms with van der Waals surface area (Å²) in [6.07, 6.45) is 0.838. The fourth-order valence-corrected chi connectivity index (χ4v) is 1.55. The first-order valence-electron chi connectivity index (χ1n) is 4.43. The maximum atomic E-state index is 5.50. The van der Waals surface area contributed by atoms with Gasteiger partial charge >= 0.3 is 0 Å². The molecule has 76 valence electrons. The van der Waals surface area contributed by atoms with Crippen molar-refractivity contribution in [1.82, 2.24) is 9.55 Å². The van der Waals surface area contributed by atoms with Crippen LogP contribution in [-0.4, -0.2) is 16.1 Å². The van der Waals surface area contributed by atoms with Gasteiger partial charge < -0.3 is 10.3 Å². The number of aryl methyl sites for hydroxylation is 1. The molecule has 0 aliphatic rings. The number of halogens is 1. The van der Waals surface area contributed by atoms with Crippen LogP contribution < -0.4 is 5.73 Å². The van der Waals surface area contributed by atoms with Gasteiger partial charge in [0.1, 0.15) is 5.82 Å². The molecule has 0 unspecified atom stereocenters. The first kappa shape index (κ1) is 11.0. The fourth-order valence-electron chi connectivity index (χ4n) is 1.55. The molecule has 0 radical (unpaired) electrons. The third-order valence-electron chi connectivity index (χ3n) is 2.25. The van der Waals surface area contributed by atoms with E-state index in [9.17, 15) is 0 Å². The van der Waals surface area contributed by atoms with Crippen molar-refractivity contribution in [3.05, 3.63) is 30.1 Å². The third-order valence-corrected chi connectivity index (χ3v) is 2.25. The smallest absolute Gasteiger partial charge is 0.110 e. The van der Waals surface area contributed by atoms with E-state index in [1.165, 1.54) is 5.52 Å². The molecule has 0 spiro atoms. The highest BCUT2D eigenvalue weighted by Gasteiger charge is 2.04. The van der Waals surface area contributed by atoms with E-state index in [-0.39, 0.29) is 12.4 Å². The summed E-state index contributed by atoms with van der Waals surface area (Å²) >= 11 is 0. The minimum atomic E-state index is 0. The van der Waals surface area contributed by atoms with Crippen LogP contribution in [0.4, 0.5) is 0 Å². The Bertz CT molecular complexity index is 422. The Morgan fingerprint density at radius 2 is 2.07 bits per heavy atom. The second kappa shape index (κ2) is 4.44. The van der Waals surface area contributed by atoms with Crippen LogP contribution in [0.3, 0.4) is 0 Å². The van der Waals surface area contributed by atoms with Crippen LogP contribution >= 0.6 is 12.4 Å². The van der Waals surface area contributed by atoms with Crippen molar-refractivity contribution in [2.24, 2.45) is 12.8 Å². The second-order valence-corrected chi connectivity index (χ2v) is 3.11. The predicted octanol–water partition coefficient (Wildman–Crippen LogP) is 1.50.